The summed E-state index contributed by atoms with van der Waals surface area (Å²) < 4.78 is 4.52. The maximum absolute atomic E-state index is 10.6. The van der Waals surface area contributed by atoms with Crippen molar-refractivity contribution in [3.63, 3.8) is 0 Å². The second-order valence-electron chi connectivity index (χ2n) is 2.74. The van der Waals surface area contributed by atoms with Crippen molar-refractivity contribution in [3.8, 4) is 0 Å². The fourth-order valence-electron chi connectivity index (χ4n) is 0.975. The zero-order chi connectivity index (χ0) is 8.53. The fraction of sp³-hybridized carbons (Fsp3) is 0.889. The smallest absolute Gasteiger partial charge is 0.305 e. The van der Waals surface area contributed by atoms with Crippen molar-refractivity contribution in [1.29, 1.82) is 0 Å². The molecule has 0 bridgehead atoms. The topological polar surface area (TPSA) is 26.3 Å². The molecule has 66 valence electrons. The van der Waals surface area contributed by atoms with E-state index in [2.05, 4.69) is 11.7 Å². The van der Waals surface area contributed by atoms with Crippen molar-refractivity contribution in [2.24, 2.45) is 0 Å². The molecule has 0 unspecified atom stereocenters. The van der Waals surface area contributed by atoms with Gasteiger partial charge in [-0.1, -0.05) is 32.6 Å². The number of unbranched alkanes of at least 4 members (excludes halogenated alkanes) is 4. The third-order valence-corrected chi connectivity index (χ3v) is 1.71. The number of ether oxygens (including phenoxy) is 1. The molecule has 2 heteroatoms. The lowest BCUT2D eigenvalue weighted by molar-refractivity contribution is -0.140. The Hall–Kier alpha value is -0.530. The maximum Gasteiger partial charge on any atom is 0.305 e. The first-order valence-corrected chi connectivity index (χ1v) is 4.38. The van der Waals surface area contributed by atoms with Crippen LogP contribution in [0.4, 0.5) is 0 Å². The number of hydrogen-bond donors (Lipinski definition) is 0. The lowest BCUT2D eigenvalue weighted by atomic mass is 10.2. The normalized spacial score (nSPS) is 9.64. The molecule has 0 aliphatic rings. The van der Waals surface area contributed by atoms with E-state index in [1.165, 1.54) is 26.4 Å². The van der Waals surface area contributed by atoms with Crippen molar-refractivity contribution in [3.05, 3.63) is 0 Å². The van der Waals surface area contributed by atoms with Gasteiger partial charge in [-0.05, 0) is 6.42 Å². The molecule has 0 aromatic heterocycles. The van der Waals surface area contributed by atoms with E-state index in [4.69, 9.17) is 0 Å². The lowest BCUT2D eigenvalue weighted by Crippen LogP contribution is -1.98. The molecular formula is C9H18O2. The Morgan fingerprint density at radius 2 is 1.82 bits per heavy atom. The van der Waals surface area contributed by atoms with E-state index in [9.17, 15) is 4.79 Å². The van der Waals surface area contributed by atoms with E-state index in [1.807, 2.05) is 0 Å². The van der Waals surface area contributed by atoms with E-state index < -0.39 is 0 Å². The van der Waals surface area contributed by atoms with Crippen LogP contribution in [0.5, 0.6) is 0 Å². The van der Waals surface area contributed by atoms with Crippen LogP contribution in [0, 0.1) is 0 Å². The summed E-state index contributed by atoms with van der Waals surface area (Å²) in [7, 11) is 1.44. The standard InChI is InChI=1S/C9H18O2/c1-3-4-5-6-7-8-9(10)11-2/h3-8H2,1-2H3/i8+1. The van der Waals surface area contributed by atoms with Crippen LogP contribution in [0.3, 0.4) is 0 Å². The van der Waals surface area contributed by atoms with E-state index >= 15 is 0 Å². The van der Waals surface area contributed by atoms with Gasteiger partial charge < -0.3 is 4.74 Å². The van der Waals surface area contributed by atoms with Gasteiger partial charge in [0, 0.05) is 6.42 Å². The minimum absolute atomic E-state index is 0.0819. The predicted molar refractivity (Wildman–Crippen MR) is 45.4 cm³/mol. The Morgan fingerprint density at radius 3 is 2.36 bits per heavy atom. The summed E-state index contributed by atoms with van der Waals surface area (Å²) in [6, 6.07) is 0. The summed E-state index contributed by atoms with van der Waals surface area (Å²) in [6.45, 7) is 2.18. The first-order chi connectivity index (χ1) is 5.31. The number of carbonyl (C=O) groups is 1. The Labute approximate surface area is 68.9 Å². The van der Waals surface area contributed by atoms with E-state index in [0.29, 0.717) is 6.42 Å². The Balaban J connectivity index is 2.95. The number of carbonyl (C=O) groups excluding carboxylic acids is 1. The van der Waals surface area contributed by atoms with Crippen LogP contribution in [-0.4, -0.2) is 13.1 Å². The highest BCUT2D eigenvalue weighted by atomic mass is 16.5. The van der Waals surface area contributed by atoms with Crippen LogP contribution in [0.15, 0.2) is 0 Å². The highest BCUT2D eigenvalue weighted by Gasteiger charge is 1.97. The molecule has 11 heavy (non-hydrogen) atoms. The van der Waals surface area contributed by atoms with Crippen molar-refractivity contribution in [2.75, 3.05) is 7.11 Å². The monoisotopic (exact) mass is 159 g/mol. The van der Waals surface area contributed by atoms with Gasteiger partial charge in [0.05, 0.1) is 7.11 Å². The largest absolute Gasteiger partial charge is 0.469 e. The Kier molecular flexibility index (Phi) is 7.21. The molecule has 0 aliphatic carbocycles. The summed E-state index contributed by atoms with van der Waals surface area (Å²) in [5.74, 6) is -0.0819. The Bertz CT molecular complexity index is 99.7. The lowest BCUT2D eigenvalue weighted by Gasteiger charge is -1.98. The first-order valence-electron chi connectivity index (χ1n) is 4.38. The first kappa shape index (κ1) is 10.5. The minimum atomic E-state index is -0.0819. The second-order valence-corrected chi connectivity index (χ2v) is 2.74. The van der Waals surface area contributed by atoms with Crippen LogP contribution >= 0.6 is 0 Å². The van der Waals surface area contributed by atoms with Crippen LogP contribution in [0.25, 0.3) is 0 Å². The molecule has 2 nitrogen and oxygen atoms in total. The third kappa shape index (κ3) is 7.37. The van der Waals surface area contributed by atoms with Gasteiger partial charge in [-0.2, -0.15) is 0 Å². The minimum Gasteiger partial charge on any atom is -0.469 e. The van der Waals surface area contributed by atoms with Gasteiger partial charge in [0.15, 0.2) is 0 Å². The third-order valence-electron chi connectivity index (χ3n) is 1.71. The van der Waals surface area contributed by atoms with Crippen molar-refractivity contribution < 1.29 is 9.53 Å². The van der Waals surface area contributed by atoms with Gasteiger partial charge in [-0.15, -0.1) is 0 Å². The highest BCUT2D eigenvalue weighted by molar-refractivity contribution is 5.68. The van der Waals surface area contributed by atoms with Crippen molar-refractivity contribution >= 4 is 5.97 Å². The number of hydrogen-bond acceptors (Lipinski definition) is 2. The van der Waals surface area contributed by atoms with Crippen LogP contribution in [0.2, 0.25) is 0 Å². The van der Waals surface area contributed by atoms with Crippen molar-refractivity contribution in [2.45, 2.75) is 45.4 Å². The zero-order valence-corrected chi connectivity index (χ0v) is 7.56. The van der Waals surface area contributed by atoms with Gasteiger partial charge in [-0.25, -0.2) is 0 Å². The van der Waals surface area contributed by atoms with E-state index in [0.717, 1.165) is 12.8 Å². The molecular weight excluding hydrogens is 141 g/mol. The number of methoxy groups -OCH3 is 1. The summed E-state index contributed by atoms with van der Waals surface area (Å²) in [4.78, 5) is 10.6. The van der Waals surface area contributed by atoms with Crippen molar-refractivity contribution in [1.82, 2.24) is 0 Å². The molecule has 0 atom stereocenters. The highest BCUT2D eigenvalue weighted by Crippen LogP contribution is 2.04. The van der Waals surface area contributed by atoms with Gasteiger partial charge in [0.2, 0.25) is 0 Å². The second kappa shape index (κ2) is 7.58. The Morgan fingerprint density at radius 1 is 1.18 bits per heavy atom. The molecule has 0 fully saturated rings. The van der Waals surface area contributed by atoms with Gasteiger partial charge in [0.25, 0.3) is 0 Å². The average molecular weight is 159 g/mol. The number of esters is 1. The quantitative estimate of drug-likeness (QED) is 0.338. The molecule has 0 aromatic rings. The van der Waals surface area contributed by atoms with E-state index in [-0.39, 0.29) is 5.97 Å². The molecule has 0 N–H and O–H groups in total. The van der Waals surface area contributed by atoms with Gasteiger partial charge in [0.1, 0.15) is 0 Å². The number of rotatable bonds is 6. The maximum atomic E-state index is 10.6. The summed E-state index contributed by atoms with van der Waals surface area (Å²) in [5.41, 5.74) is 0. The summed E-state index contributed by atoms with van der Waals surface area (Å²) >= 11 is 0. The molecule has 0 saturated carbocycles. The summed E-state index contributed by atoms with van der Waals surface area (Å²) in [6.07, 6.45) is 6.49. The molecule has 0 amide bonds. The molecule has 0 aliphatic heterocycles. The predicted octanol–water partition coefficient (Wildman–Crippen LogP) is 2.52. The molecule has 0 heterocycles. The molecule has 0 aromatic carbocycles. The van der Waals surface area contributed by atoms with Gasteiger partial charge in [-0.3, -0.25) is 4.79 Å². The fourth-order valence-corrected chi connectivity index (χ4v) is 0.975. The van der Waals surface area contributed by atoms with E-state index in [1.54, 1.807) is 0 Å². The molecule has 0 rings (SSSR count). The van der Waals surface area contributed by atoms with Crippen LogP contribution in [-0.2, 0) is 9.53 Å². The molecule has 0 radical (unpaired) electrons. The van der Waals surface area contributed by atoms with Gasteiger partial charge >= 0.3 is 5.97 Å². The van der Waals surface area contributed by atoms with Crippen LogP contribution in [0.1, 0.15) is 45.4 Å². The average Bonchev–Trinajstić information content (AvgIpc) is 2.04. The SMILES string of the molecule is CCCCCC[13CH2]C(=O)OC. The zero-order valence-electron chi connectivity index (χ0n) is 7.56. The molecule has 0 saturated heterocycles. The summed E-state index contributed by atoms with van der Waals surface area (Å²) in [5, 5.41) is 0. The van der Waals surface area contributed by atoms with Crippen LogP contribution < -0.4 is 0 Å². The molecule has 0 spiro atoms.